The molecule has 2 rings (SSSR count). The summed E-state index contributed by atoms with van der Waals surface area (Å²) < 4.78 is 0. The van der Waals surface area contributed by atoms with Gasteiger partial charge in [0.15, 0.2) is 0 Å². The number of carbonyl (C=O) groups excluding carboxylic acids is 1. The van der Waals surface area contributed by atoms with Crippen LogP contribution in [-0.4, -0.2) is 17.5 Å². The summed E-state index contributed by atoms with van der Waals surface area (Å²) in [5, 5.41) is 3.48. The first-order valence-corrected chi connectivity index (χ1v) is 5.56. The van der Waals surface area contributed by atoms with Crippen molar-refractivity contribution in [2.75, 3.05) is 0 Å². The molecule has 3 nitrogen and oxygen atoms in total. The van der Waals surface area contributed by atoms with E-state index in [0.717, 1.165) is 19.3 Å². The molecule has 0 bridgehead atoms. The molecule has 1 unspecified atom stereocenters. The van der Waals surface area contributed by atoms with Gasteiger partial charge < -0.3 is 11.1 Å². The fraction of sp³-hybridized carbons (Fsp3) is 0.909. The summed E-state index contributed by atoms with van der Waals surface area (Å²) in [5.74, 6) is -0.160. The Labute approximate surface area is 85.4 Å². The zero-order valence-electron chi connectivity index (χ0n) is 9.10. The van der Waals surface area contributed by atoms with Gasteiger partial charge in [0.05, 0.1) is 0 Å². The molecule has 0 aromatic rings. The van der Waals surface area contributed by atoms with Crippen LogP contribution in [0.25, 0.3) is 0 Å². The Morgan fingerprint density at radius 1 is 1.36 bits per heavy atom. The quantitative estimate of drug-likeness (QED) is 0.712. The van der Waals surface area contributed by atoms with Gasteiger partial charge in [0.25, 0.3) is 0 Å². The minimum absolute atomic E-state index is 0.0153. The zero-order valence-corrected chi connectivity index (χ0v) is 9.10. The number of hydrogen-bond donors (Lipinski definition) is 2. The molecule has 3 heteroatoms. The van der Waals surface area contributed by atoms with Crippen LogP contribution in [0.1, 0.15) is 46.0 Å². The monoisotopic (exact) mass is 196 g/mol. The predicted octanol–water partition coefficient (Wildman–Crippen LogP) is 1.17. The normalized spacial score (nSPS) is 35.9. The van der Waals surface area contributed by atoms with E-state index in [1.54, 1.807) is 0 Å². The SMILES string of the molecule is CC1(C)CCCC1(NC1CC1)C(N)=O. The molecule has 0 radical (unpaired) electrons. The summed E-state index contributed by atoms with van der Waals surface area (Å²) >= 11 is 0. The third-order valence-corrected chi connectivity index (χ3v) is 3.96. The van der Waals surface area contributed by atoms with Gasteiger partial charge in [-0.25, -0.2) is 0 Å². The maximum Gasteiger partial charge on any atom is 0.238 e. The number of primary amides is 1. The van der Waals surface area contributed by atoms with E-state index in [0.29, 0.717) is 6.04 Å². The molecule has 2 fully saturated rings. The van der Waals surface area contributed by atoms with Crippen LogP contribution < -0.4 is 11.1 Å². The molecule has 0 aromatic heterocycles. The Hall–Kier alpha value is -0.570. The van der Waals surface area contributed by atoms with E-state index in [4.69, 9.17) is 5.73 Å². The van der Waals surface area contributed by atoms with Crippen molar-refractivity contribution in [3.8, 4) is 0 Å². The van der Waals surface area contributed by atoms with Crippen LogP contribution in [0, 0.1) is 5.41 Å². The first-order valence-electron chi connectivity index (χ1n) is 5.56. The molecule has 2 saturated carbocycles. The molecular weight excluding hydrogens is 176 g/mol. The van der Waals surface area contributed by atoms with Gasteiger partial charge in [-0.3, -0.25) is 4.79 Å². The molecule has 3 N–H and O–H groups in total. The molecule has 1 atom stereocenters. The molecular formula is C11H20N2O. The average molecular weight is 196 g/mol. The highest BCUT2D eigenvalue weighted by molar-refractivity contribution is 5.86. The maximum atomic E-state index is 11.7. The van der Waals surface area contributed by atoms with Crippen molar-refractivity contribution in [2.24, 2.45) is 11.1 Å². The number of nitrogens with one attached hydrogen (secondary N) is 1. The van der Waals surface area contributed by atoms with Crippen molar-refractivity contribution in [3.05, 3.63) is 0 Å². The molecule has 0 aliphatic heterocycles. The smallest absolute Gasteiger partial charge is 0.238 e. The van der Waals surface area contributed by atoms with Gasteiger partial charge in [-0.1, -0.05) is 20.3 Å². The van der Waals surface area contributed by atoms with E-state index in [-0.39, 0.29) is 11.3 Å². The Balaban J connectivity index is 2.23. The standard InChI is InChI=1S/C11H20N2O/c1-10(2)6-3-7-11(10,9(12)14)13-8-4-5-8/h8,13H,3-7H2,1-2H3,(H2,12,14). The van der Waals surface area contributed by atoms with E-state index in [9.17, 15) is 4.79 Å². The predicted molar refractivity (Wildman–Crippen MR) is 55.7 cm³/mol. The highest BCUT2D eigenvalue weighted by Crippen LogP contribution is 2.47. The van der Waals surface area contributed by atoms with E-state index < -0.39 is 5.54 Å². The number of nitrogens with two attached hydrogens (primary N) is 1. The van der Waals surface area contributed by atoms with E-state index >= 15 is 0 Å². The van der Waals surface area contributed by atoms with Crippen molar-refractivity contribution in [1.29, 1.82) is 0 Å². The Morgan fingerprint density at radius 2 is 2.00 bits per heavy atom. The molecule has 14 heavy (non-hydrogen) atoms. The molecule has 0 spiro atoms. The Bertz CT molecular complexity index is 258. The van der Waals surface area contributed by atoms with Gasteiger partial charge in [-0.2, -0.15) is 0 Å². The third-order valence-electron chi connectivity index (χ3n) is 3.96. The fourth-order valence-corrected chi connectivity index (χ4v) is 2.72. The minimum Gasteiger partial charge on any atom is -0.368 e. The topological polar surface area (TPSA) is 55.1 Å². The summed E-state index contributed by atoms with van der Waals surface area (Å²) in [6.07, 6.45) is 5.51. The number of amides is 1. The van der Waals surface area contributed by atoms with Crippen LogP contribution in [0.15, 0.2) is 0 Å². The highest BCUT2D eigenvalue weighted by atomic mass is 16.1. The molecule has 2 aliphatic rings. The van der Waals surface area contributed by atoms with Crippen LogP contribution in [0.4, 0.5) is 0 Å². The first-order chi connectivity index (χ1) is 6.48. The molecule has 0 saturated heterocycles. The molecule has 0 aromatic carbocycles. The molecule has 80 valence electrons. The second-order valence-corrected chi connectivity index (χ2v) is 5.43. The van der Waals surface area contributed by atoms with Crippen molar-refractivity contribution >= 4 is 5.91 Å². The second-order valence-electron chi connectivity index (χ2n) is 5.43. The van der Waals surface area contributed by atoms with Crippen LogP contribution in [-0.2, 0) is 4.79 Å². The first kappa shape index (κ1) is 9.97. The van der Waals surface area contributed by atoms with Crippen LogP contribution in [0.5, 0.6) is 0 Å². The van der Waals surface area contributed by atoms with Gasteiger partial charge in [0.1, 0.15) is 5.54 Å². The third kappa shape index (κ3) is 1.34. The number of rotatable bonds is 3. The van der Waals surface area contributed by atoms with Gasteiger partial charge in [0, 0.05) is 6.04 Å². The summed E-state index contributed by atoms with van der Waals surface area (Å²) in [5.41, 5.74) is 5.16. The van der Waals surface area contributed by atoms with Crippen LogP contribution >= 0.6 is 0 Å². The Kier molecular flexibility index (Phi) is 2.11. The lowest BCUT2D eigenvalue weighted by Gasteiger charge is -2.39. The van der Waals surface area contributed by atoms with Crippen LogP contribution in [0.2, 0.25) is 0 Å². The summed E-state index contributed by atoms with van der Waals surface area (Å²) in [7, 11) is 0. The van der Waals surface area contributed by atoms with Crippen molar-refractivity contribution in [2.45, 2.75) is 57.5 Å². The lowest BCUT2D eigenvalue weighted by atomic mass is 9.74. The maximum absolute atomic E-state index is 11.7. The summed E-state index contributed by atoms with van der Waals surface area (Å²) in [6, 6.07) is 0.542. The Morgan fingerprint density at radius 3 is 2.36 bits per heavy atom. The lowest BCUT2D eigenvalue weighted by molar-refractivity contribution is -0.128. The number of hydrogen-bond acceptors (Lipinski definition) is 2. The van der Waals surface area contributed by atoms with E-state index in [1.165, 1.54) is 12.8 Å². The van der Waals surface area contributed by atoms with Crippen molar-refractivity contribution < 1.29 is 4.79 Å². The zero-order chi connectivity index (χ0) is 10.4. The highest BCUT2D eigenvalue weighted by Gasteiger charge is 2.54. The van der Waals surface area contributed by atoms with Gasteiger partial charge in [-0.15, -0.1) is 0 Å². The lowest BCUT2D eigenvalue weighted by Crippen LogP contribution is -2.62. The fourth-order valence-electron chi connectivity index (χ4n) is 2.72. The minimum atomic E-state index is -0.436. The van der Waals surface area contributed by atoms with Crippen LogP contribution in [0.3, 0.4) is 0 Å². The summed E-state index contributed by atoms with van der Waals surface area (Å²) in [6.45, 7) is 4.31. The largest absolute Gasteiger partial charge is 0.368 e. The van der Waals surface area contributed by atoms with Crippen molar-refractivity contribution in [1.82, 2.24) is 5.32 Å². The van der Waals surface area contributed by atoms with Crippen molar-refractivity contribution in [3.63, 3.8) is 0 Å². The van der Waals surface area contributed by atoms with Gasteiger partial charge in [0.2, 0.25) is 5.91 Å². The molecule has 2 aliphatic carbocycles. The second kappa shape index (κ2) is 2.96. The molecule has 1 amide bonds. The molecule has 0 heterocycles. The summed E-state index contributed by atoms with van der Waals surface area (Å²) in [4.78, 5) is 11.7. The van der Waals surface area contributed by atoms with E-state index in [1.807, 2.05) is 0 Å². The average Bonchev–Trinajstić information content (AvgIpc) is 2.79. The van der Waals surface area contributed by atoms with Gasteiger partial charge >= 0.3 is 0 Å². The van der Waals surface area contributed by atoms with Gasteiger partial charge in [-0.05, 0) is 31.1 Å². The number of carbonyl (C=O) groups is 1. The van der Waals surface area contributed by atoms with E-state index in [2.05, 4.69) is 19.2 Å².